The smallest absolute Gasteiger partial charge is 0.270 e. The van der Waals surface area contributed by atoms with Crippen LogP contribution in [0.4, 0.5) is 5.69 Å². The van der Waals surface area contributed by atoms with Gasteiger partial charge in [-0.1, -0.05) is 18.2 Å². The first-order chi connectivity index (χ1) is 13.6. The van der Waals surface area contributed by atoms with Gasteiger partial charge < -0.3 is 14.2 Å². The SMILES string of the molecule is COCc1cc(C)nc2sc(C(=O)N(C)c3ccccc3)c(-n3cccc3)c12. The van der Waals surface area contributed by atoms with Crippen LogP contribution in [-0.4, -0.2) is 29.6 Å². The molecule has 0 atom stereocenters. The molecule has 0 aliphatic rings. The fourth-order valence-corrected chi connectivity index (χ4v) is 4.60. The lowest BCUT2D eigenvalue weighted by Gasteiger charge is -2.17. The zero-order valence-corrected chi connectivity index (χ0v) is 16.9. The van der Waals surface area contributed by atoms with E-state index in [-0.39, 0.29) is 5.91 Å². The standard InChI is InChI=1S/C22H21N3O2S/c1-15-13-16(14-27-3)18-19(25-11-7-8-12-25)20(28-21(18)23-15)22(26)24(2)17-9-5-4-6-10-17/h4-13H,14H2,1-3H3. The van der Waals surface area contributed by atoms with E-state index in [0.717, 1.165) is 32.8 Å². The van der Waals surface area contributed by atoms with Crippen LogP contribution in [-0.2, 0) is 11.3 Å². The molecule has 4 aromatic rings. The minimum absolute atomic E-state index is 0.0566. The maximum atomic E-state index is 13.4. The highest BCUT2D eigenvalue weighted by atomic mass is 32.1. The molecule has 0 fully saturated rings. The van der Waals surface area contributed by atoms with Gasteiger partial charge in [-0.05, 0) is 42.8 Å². The van der Waals surface area contributed by atoms with Crippen molar-refractivity contribution in [1.82, 2.24) is 9.55 Å². The molecule has 0 N–H and O–H groups in total. The Hall–Kier alpha value is -2.96. The van der Waals surface area contributed by atoms with Gasteiger partial charge in [0, 0.05) is 43.3 Å². The van der Waals surface area contributed by atoms with Gasteiger partial charge in [0.1, 0.15) is 9.71 Å². The number of carbonyl (C=O) groups is 1. The molecule has 6 heteroatoms. The van der Waals surface area contributed by atoms with Crippen molar-refractivity contribution in [2.45, 2.75) is 13.5 Å². The Labute approximate surface area is 167 Å². The largest absolute Gasteiger partial charge is 0.380 e. The first-order valence-electron chi connectivity index (χ1n) is 8.98. The number of rotatable bonds is 5. The highest BCUT2D eigenvalue weighted by Gasteiger charge is 2.25. The van der Waals surface area contributed by atoms with Crippen LogP contribution in [0.2, 0.25) is 0 Å². The monoisotopic (exact) mass is 391 g/mol. The number of aromatic nitrogens is 2. The van der Waals surface area contributed by atoms with E-state index in [9.17, 15) is 4.79 Å². The van der Waals surface area contributed by atoms with Crippen molar-refractivity contribution in [3.8, 4) is 5.69 Å². The van der Waals surface area contributed by atoms with Crippen LogP contribution in [0.1, 0.15) is 20.9 Å². The van der Waals surface area contributed by atoms with E-state index in [2.05, 4.69) is 0 Å². The zero-order valence-electron chi connectivity index (χ0n) is 16.0. The molecule has 0 saturated carbocycles. The number of amides is 1. The van der Waals surface area contributed by atoms with Gasteiger partial charge in [-0.25, -0.2) is 4.98 Å². The summed E-state index contributed by atoms with van der Waals surface area (Å²) in [6, 6.07) is 15.6. The number of fused-ring (bicyclic) bond motifs is 1. The summed E-state index contributed by atoms with van der Waals surface area (Å²) in [6.45, 7) is 2.43. The van der Waals surface area contributed by atoms with Crippen molar-refractivity contribution < 1.29 is 9.53 Å². The van der Waals surface area contributed by atoms with Crippen LogP contribution in [0.3, 0.4) is 0 Å². The van der Waals surface area contributed by atoms with Gasteiger partial charge in [0.2, 0.25) is 0 Å². The van der Waals surface area contributed by atoms with E-state index in [4.69, 9.17) is 9.72 Å². The Bertz CT molecular complexity index is 1120. The average molecular weight is 391 g/mol. The van der Waals surface area contributed by atoms with Crippen LogP contribution >= 0.6 is 11.3 Å². The predicted molar refractivity (Wildman–Crippen MR) is 114 cm³/mol. The Balaban J connectivity index is 1.94. The lowest BCUT2D eigenvalue weighted by atomic mass is 10.1. The number of methoxy groups -OCH3 is 1. The Kier molecular flexibility index (Phi) is 4.98. The number of hydrogen-bond acceptors (Lipinski definition) is 4. The molecule has 3 heterocycles. The summed E-state index contributed by atoms with van der Waals surface area (Å²) in [5, 5.41) is 0.971. The second-order valence-electron chi connectivity index (χ2n) is 6.61. The molecule has 0 bridgehead atoms. The lowest BCUT2D eigenvalue weighted by molar-refractivity contribution is 0.0997. The minimum Gasteiger partial charge on any atom is -0.380 e. The normalized spacial score (nSPS) is 11.1. The fourth-order valence-electron chi connectivity index (χ4n) is 3.36. The number of thiophene rings is 1. The average Bonchev–Trinajstić information content (AvgIpc) is 3.35. The Morgan fingerprint density at radius 1 is 1.18 bits per heavy atom. The van der Waals surface area contributed by atoms with E-state index in [0.29, 0.717) is 11.5 Å². The van der Waals surface area contributed by atoms with Gasteiger partial charge in [-0.15, -0.1) is 11.3 Å². The molecule has 5 nitrogen and oxygen atoms in total. The molecular weight excluding hydrogens is 370 g/mol. The molecule has 0 radical (unpaired) electrons. The van der Waals surface area contributed by atoms with E-state index < -0.39 is 0 Å². The number of benzene rings is 1. The molecule has 3 aromatic heterocycles. The summed E-state index contributed by atoms with van der Waals surface area (Å²) < 4.78 is 7.41. The van der Waals surface area contributed by atoms with Crippen molar-refractivity contribution in [3.63, 3.8) is 0 Å². The van der Waals surface area contributed by atoms with E-state index >= 15 is 0 Å². The molecule has 0 saturated heterocycles. The third kappa shape index (κ3) is 3.21. The number of para-hydroxylation sites is 1. The van der Waals surface area contributed by atoms with Gasteiger partial charge >= 0.3 is 0 Å². The summed E-state index contributed by atoms with van der Waals surface area (Å²) in [6.07, 6.45) is 3.91. The number of hydrogen-bond donors (Lipinski definition) is 0. The van der Waals surface area contributed by atoms with Crippen LogP contribution in [0.15, 0.2) is 60.9 Å². The number of aryl methyl sites for hydroxylation is 1. The predicted octanol–water partition coefficient (Wildman–Crippen LogP) is 4.82. The van der Waals surface area contributed by atoms with E-state index in [1.54, 1.807) is 19.1 Å². The molecule has 0 unspecified atom stereocenters. The number of carbonyl (C=O) groups excluding carboxylic acids is 1. The highest BCUT2D eigenvalue weighted by molar-refractivity contribution is 7.21. The van der Waals surface area contributed by atoms with Gasteiger partial charge in [0.15, 0.2) is 0 Å². The zero-order chi connectivity index (χ0) is 19.7. The van der Waals surface area contributed by atoms with Crippen molar-refractivity contribution in [3.05, 3.63) is 77.1 Å². The number of pyridine rings is 1. The van der Waals surface area contributed by atoms with E-state index in [1.165, 1.54) is 11.3 Å². The third-order valence-corrected chi connectivity index (χ3v) is 5.71. The topological polar surface area (TPSA) is 47.4 Å². The maximum Gasteiger partial charge on any atom is 0.270 e. The second-order valence-corrected chi connectivity index (χ2v) is 7.60. The third-order valence-electron chi connectivity index (χ3n) is 4.65. The lowest BCUT2D eigenvalue weighted by Crippen LogP contribution is -2.26. The van der Waals surface area contributed by atoms with Crippen molar-refractivity contribution in [1.29, 1.82) is 0 Å². The number of anilines is 1. The molecule has 0 aliphatic carbocycles. The molecule has 1 amide bonds. The molecule has 0 spiro atoms. The second kappa shape index (κ2) is 7.58. The van der Waals surface area contributed by atoms with Crippen LogP contribution < -0.4 is 4.90 Å². The minimum atomic E-state index is -0.0566. The molecule has 142 valence electrons. The molecule has 4 rings (SSSR count). The number of ether oxygens (including phenoxy) is 1. The van der Waals surface area contributed by atoms with Crippen molar-refractivity contribution in [2.24, 2.45) is 0 Å². The summed E-state index contributed by atoms with van der Waals surface area (Å²) in [5.74, 6) is -0.0566. The maximum absolute atomic E-state index is 13.4. The van der Waals surface area contributed by atoms with Crippen molar-refractivity contribution in [2.75, 3.05) is 19.1 Å². The Morgan fingerprint density at radius 2 is 1.89 bits per heavy atom. The van der Waals surface area contributed by atoms with Crippen LogP contribution in [0.25, 0.3) is 15.9 Å². The van der Waals surface area contributed by atoms with E-state index in [1.807, 2.05) is 72.4 Å². The Morgan fingerprint density at radius 3 is 2.57 bits per heavy atom. The van der Waals surface area contributed by atoms with Gasteiger partial charge in [-0.3, -0.25) is 4.79 Å². The molecular formula is C22H21N3O2S. The van der Waals surface area contributed by atoms with Crippen LogP contribution in [0.5, 0.6) is 0 Å². The summed E-state index contributed by atoms with van der Waals surface area (Å²) in [7, 11) is 3.48. The molecule has 28 heavy (non-hydrogen) atoms. The first-order valence-corrected chi connectivity index (χ1v) is 9.80. The van der Waals surface area contributed by atoms with Gasteiger partial charge in [-0.2, -0.15) is 0 Å². The quantitative estimate of drug-likeness (QED) is 0.490. The number of nitrogens with zero attached hydrogens (tertiary/aromatic N) is 3. The summed E-state index contributed by atoms with van der Waals surface area (Å²) >= 11 is 1.43. The summed E-state index contributed by atoms with van der Waals surface area (Å²) in [4.78, 5) is 21.3. The van der Waals surface area contributed by atoms with Gasteiger partial charge in [0.05, 0.1) is 12.3 Å². The first kappa shape index (κ1) is 18.4. The fraction of sp³-hybridized carbons (Fsp3) is 0.182. The van der Waals surface area contributed by atoms with Crippen LogP contribution in [0, 0.1) is 6.92 Å². The molecule has 1 aromatic carbocycles. The highest BCUT2D eigenvalue weighted by Crippen LogP contribution is 2.37. The van der Waals surface area contributed by atoms with Gasteiger partial charge in [0.25, 0.3) is 5.91 Å². The van der Waals surface area contributed by atoms with Crippen molar-refractivity contribution >= 4 is 33.1 Å². The summed E-state index contributed by atoms with van der Waals surface area (Å²) in [5.41, 5.74) is 3.66. The molecule has 0 aliphatic heterocycles.